The number of nitrogens with one attached hydrogen (secondary N) is 2. The molecule has 1 amide bonds. The first-order valence-corrected chi connectivity index (χ1v) is 14.1. The third kappa shape index (κ3) is 6.47. The molecule has 2 N–H and O–H groups in total. The maximum Gasteiger partial charge on any atom is 0.260 e. The van der Waals surface area contributed by atoms with Crippen molar-refractivity contribution in [2.24, 2.45) is 0 Å². The van der Waals surface area contributed by atoms with Crippen LogP contribution in [0.4, 0.5) is 5.95 Å². The number of likely N-dealkylation sites (tertiary alicyclic amines) is 1. The summed E-state index contributed by atoms with van der Waals surface area (Å²) in [5, 5.41) is 7.33. The van der Waals surface area contributed by atoms with Crippen LogP contribution in [-0.2, 0) is 16.1 Å². The summed E-state index contributed by atoms with van der Waals surface area (Å²) in [5.41, 5.74) is 1.22. The topological polar surface area (TPSA) is 120 Å². The number of carbonyl (C=O) groups excluding carboxylic acids is 1. The van der Waals surface area contributed by atoms with Gasteiger partial charge in [0.1, 0.15) is 17.1 Å². The largest absolute Gasteiger partial charge is 0.497 e. The van der Waals surface area contributed by atoms with E-state index in [1.807, 2.05) is 0 Å². The Morgan fingerprint density at radius 1 is 1.15 bits per heavy atom. The highest BCUT2D eigenvalue weighted by molar-refractivity contribution is 6.35. The average Bonchev–Trinajstić information content (AvgIpc) is 3.50. The number of benzene rings is 1. The van der Waals surface area contributed by atoms with Gasteiger partial charge in [0.25, 0.3) is 5.56 Å². The van der Waals surface area contributed by atoms with Gasteiger partial charge in [-0.25, -0.2) is 4.98 Å². The van der Waals surface area contributed by atoms with Crippen molar-refractivity contribution < 1.29 is 19.0 Å². The van der Waals surface area contributed by atoms with Crippen LogP contribution in [0.15, 0.2) is 41.8 Å². The quantitative estimate of drug-likeness (QED) is 0.347. The number of nitrogens with zero attached hydrogens (tertiary/aromatic N) is 4. The number of methoxy groups -OCH3 is 2. The van der Waals surface area contributed by atoms with Crippen molar-refractivity contribution in [2.75, 3.05) is 52.4 Å². The number of amides is 1. The predicted octanol–water partition coefficient (Wildman–Crippen LogP) is 3.10. The first-order chi connectivity index (χ1) is 19.9. The van der Waals surface area contributed by atoms with Crippen molar-refractivity contribution >= 4 is 34.5 Å². The predicted molar refractivity (Wildman–Crippen MR) is 158 cm³/mol. The minimum Gasteiger partial charge on any atom is -0.497 e. The second-order valence-corrected chi connectivity index (χ2v) is 10.6. The summed E-state index contributed by atoms with van der Waals surface area (Å²) in [6.07, 6.45) is 5.54. The van der Waals surface area contributed by atoms with Gasteiger partial charge in [0.05, 0.1) is 31.9 Å². The molecule has 11 nitrogen and oxygen atoms in total. The van der Waals surface area contributed by atoms with Gasteiger partial charge in [0, 0.05) is 67.6 Å². The van der Waals surface area contributed by atoms with Gasteiger partial charge >= 0.3 is 0 Å². The van der Waals surface area contributed by atoms with E-state index in [1.165, 1.54) is 13.2 Å². The highest BCUT2D eigenvalue weighted by atomic mass is 35.5. The summed E-state index contributed by atoms with van der Waals surface area (Å²) in [7, 11) is 3.07. The highest BCUT2D eigenvalue weighted by Gasteiger charge is 2.23. The molecule has 1 aromatic carbocycles. The molecule has 0 aliphatic carbocycles. The monoisotopic (exact) mass is 582 g/mol. The maximum absolute atomic E-state index is 14.1. The van der Waals surface area contributed by atoms with Gasteiger partial charge in [-0.3, -0.25) is 14.2 Å². The van der Waals surface area contributed by atoms with Gasteiger partial charge in [-0.2, -0.15) is 4.98 Å². The lowest BCUT2D eigenvalue weighted by Crippen LogP contribution is -2.45. The lowest BCUT2D eigenvalue weighted by molar-refractivity contribution is -0.117. The smallest absolute Gasteiger partial charge is 0.260 e. The van der Waals surface area contributed by atoms with E-state index in [2.05, 4.69) is 27.1 Å². The molecule has 2 aliphatic rings. The van der Waals surface area contributed by atoms with Crippen molar-refractivity contribution in [1.82, 2.24) is 24.8 Å². The first-order valence-electron chi connectivity index (χ1n) is 13.7. The number of carbonyl (C=O) groups is 1. The number of rotatable bonds is 10. The summed E-state index contributed by atoms with van der Waals surface area (Å²) in [5.74, 6) is 1.23. The van der Waals surface area contributed by atoms with Crippen LogP contribution in [0, 0.1) is 0 Å². The van der Waals surface area contributed by atoms with E-state index >= 15 is 0 Å². The SMILES string of the molecule is C=CC(=O)NC1CCN(CCn2c(=O)c(-c3cc(OC)cc(OC)c3Cl)cc3cnc(NC4CCOC4)nc32)CC1. The van der Waals surface area contributed by atoms with Gasteiger partial charge in [-0.15, -0.1) is 0 Å². The van der Waals surface area contributed by atoms with Crippen molar-refractivity contribution in [1.29, 1.82) is 0 Å². The van der Waals surface area contributed by atoms with E-state index < -0.39 is 0 Å². The van der Waals surface area contributed by atoms with Crippen LogP contribution in [0.3, 0.4) is 0 Å². The van der Waals surface area contributed by atoms with Crippen LogP contribution in [0.25, 0.3) is 22.2 Å². The van der Waals surface area contributed by atoms with Crippen molar-refractivity contribution in [3.05, 3.63) is 52.4 Å². The number of hydrogen-bond donors (Lipinski definition) is 2. The molecule has 3 aromatic rings. The summed E-state index contributed by atoms with van der Waals surface area (Å²) < 4.78 is 18.1. The van der Waals surface area contributed by atoms with E-state index in [1.54, 1.807) is 36.1 Å². The lowest BCUT2D eigenvalue weighted by atomic mass is 10.0. The molecule has 4 heterocycles. The van der Waals surface area contributed by atoms with E-state index in [0.717, 1.165) is 32.4 Å². The molecule has 2 saturated heterocycles. The average molecular weight is 583 g/mol. The third-order valence-electron chi connectivity index (χ3n) is 7.61. The molecule has 41 heavy (non-hydrogen) atoms. The number of piperidine rings is 1. The van der Waals surface area contributed by atoms with E-state index in [0.29, 0.717) is 70.9 Å². The Balaban J connectivity index is 1.49. The Hall–Kier alpha value is -3.67. The fourth-order valence-electron chi connectivity index (χ4n) is 5.30. The fourth-order valence-corrected chi connectivity index (χ4v) is 5.59. The molecule has 0 bridgehead atoms. The highest BCUT2D eigenvalue weighted by Crippen LogP contribution is 2.38. The molecule has 0 radical (unpaired) electrons. The second-order valence-electron chi connectivity index (χ2n) is 10.2. The van der Waals surface area contributed by atoms with Crippen LogP contribution in [0.2, 0.25) is 5.02 Å². The molecule has 12 heteroatoms. The zero-order valence-corrected chi connectivity index (χ0v) is 24.1. The Kier molecular flexibility index (Phi) is 9.06. The summed E-state index contributed by atoms with van der Waals surface area (Å²) in [6.45, 7) is 7.46. The molecule has 0 saturated carbocycles. The number of halogens is 1. The van der Waals surface area contributed by atoms with E-state index in [4.69, 9.17) is 30.8 Å². The number of hydrogen-bond acceptors (Lipinski definition) is 9. The number of anilines is 1. The van der Waals surface area contributed by atoms with Gasteiger partial charge in [-0.05, 0) is 37.5 Å². The van der Waals surface area contributed by atoms with Gasteiger partial charge < -0.3 is 29.7 Å². The molecule has 218 valence electrons. The molecule has 2 aliphatic heterocycles. The zero-order valence-electron chi connectivity index (χ0n) is 23.3. The van der Waals surface area contributed by atoms with Gasteiger partial charge in [-0.1, -0.05) is 18.2 Å². The molecular weight excluding hydrogens is 548 g/mol. The van der Waals surface area contributed by atoms with E-state index in [9.17, 15) is 9.59 Å². The summed E-state index contributed by atoms with van der Waals surface area (Å²) >= 11 is 6.70. The molecule has 2 fully saturated rings. The third-order valence-corrected chi connectivity index (χ3v) is 8.00. The number of pyridine rings is 1. The number of fused-ring (bicyclic) bond motifs is 1. The minimum atomic E-state index is -0.225. The Morgan fingerprint density at radius 3 is 2.63 bits per heavy atom. The molecular formula is C29H35ClN6O5. The summed E-state index contributed by atoms with van der Waals surface area (Å²) in [6, 6.07) is 5.43. The van der Waals surface area contributed by atoms with Crippen LogP contribution in [0.1, 0.15) is 19.3 Å². The van der Waals surface area contributed by atoms with Gasteiger partial charge in [0.2, 0.25) is 11.9 Å². The molecule has 5 rings (SSSR count). The lowest BCUT2D eigenvalue weighted by Gasteiger charge is -2.32. The Bertz CT molecular complexity index is 1480. The van der Waals surface area contributed by atoms with Crippen LogP contribution >= 0.6 is 11.6 Å². The first kappa shape index (κ1) is 28.8. The Labute approximate surface area is 243 Å². The standard InChI is InChI=1S/C29H35ClN6O5/c1-4-25(37)32-19-5-8-35(9-6-19)10-11-36-27-18(16-31-29(34-27)33-20-7-12-41-17-20)13-23(28(36)38)22-14-21(39-2)15-24(40-3)26(22)30/h4,13-16,19-20H,1,5-12,17H2,2-3H3,(H,32,37)(H,31,33,34). The fraction of sp³-hybridized carbons (Fsp3) is 0.448. The van der Waals surface area contributed by atoms with Gasteiger partial charge in [0.15, 0.2) is 0 Å². The number of ether oxygens (including phenoxy) is 3. The van der Waals surface area contributed by atoms with Crippen molar-refractivity contribution in [3.8, 4) is 22.6 Å². The molecule has 2 aromatic heterocycles. The second kappa shape index (κ2) is 12.9. The molecule has 1 atom stereocenters. The van der Waals surface area contributed by atoms with Crippen LogP contribution in [-0.4, -0.2) is 84.5 Å². The van der Waals surface area contributed by atoms with Crippen LogP contribution < -0.4 is 25.7 Å². The number of aromatic nitrogens is 3. The zero-order chi connectivity index (χ0) is 28.9. The molecule has 0 spiro atoms. The normalized spacial score (nSPS) is 17.9. The Morgan fingerprint density at radius 2 is 1.95 bits per heavy atom. The van der Waals surface area contributed by atoms with Crippen LogP contribution in [0.5, 0.6) is 11.5 Å². The summed E-state index contributed by atoms with van der Waals surface area (Å²) in [4.78, 5) is 37.4. The van der Waals surface area contributed by atoms with Crippen molar-refractivity contribution in [3.63, 3.8) is 0 Å². The molecule has 1 unspecified atom stereocenters. The maximum atomic E-state index is 14.1. The van der Waals surface area contributed by atoms with E-state index in [-0.39, 0.29) is 23.6 Å². The minimum absolute atomic E-state index is 0.120. The van der Waals surface area contributed by atoms with Crippen molar-refractivity contribution in [2.45, 2.75) is 37.9 Å².